The maximum atomic E-state index is 12.6. The van der Waals surface area contributed by atoms with Crippen molar-refractivity contribution < 1.29 is 13.2 Å². The van der Waals surface area contributed by atoms with Crippen molar-refractivity contribution >= 4 is 0 Å². The van der Waals surface area contributed by atoms with Crippen LogP contribution >= 0.6 is 0 Å². The minimum Gasteiger partial charge on any atom is -0.304 e. The highest BCUT2D eigenvalue weighted by atomic mass is 19.4. The fourth-order valence-corrected chi connectivity index (χ4v) is 2.30. The van der Waals surface area contributed by atoms with Crippen molar-refractivity contribution in [2.45, 2.75) is 19.6 Å². The molecule has 0 unspecified atom stereocenters. The number of benzene rings is 1. The lowest BCUT2D eigenvalue weighted by Crippen LogP contribution is -2.43. The van der Waals surface area contributed by atoms with E-state index in [0.717, 1.165) is 38.3 Å². The molecule has 0 radical (unpaired) electrons. The summed E-state index contributed by atoms with van der Waals surface area (Å²) in [4.78, 5) is 4.55. The second kappa shape index (κ2) is 5.51. The maximum Gasteiger partial charge on any atom is 0.416 e. The van der Waals surface area contributed by atoms with Gasteiger partial charge >= 0.3 is 6.18 Å². The van der Waals surface area contributed by atoms with Crippen molar-refractivity contribution in [1.82, 2.24) is 9.80 Å². The minimum absolute atomic E-state index is 0.563. The number of hydrogen-bond acceptors (Lipinski definition) is 2. The molecule has 0 atom stereocenters. The molecule has 0 aliphatic carbocycles. The van der Waals surface area contributed by atoms with Gasteiger partial charge in [-0.05, 0) is 37.2 Å². The molecule has 1 aromatic carbocycles. The fraction of sp³-hybridized carbons (Fsp3) is 0.571. The second-order valence-corrected chi connectivity index (χ2v) is 5.22. The monoisotopic (exact) mass is 272 g/mol. The van der Waals surface area contributed by atoms with E-state index in [0.29, 0.717) is 5.56 Å². The van der Waals surface area contributed by atoms with E-state index in [1.54, 1.807) is 13.0 Å². The lowest BCUT2D eigenvalue weighted by molar-refractivity contribution is -0.137. The molecule has 1 heterocycles. The Morgan fingerprint density at radius 2 is 1.74 bits per heavy atom. The molecule has 0 aromatic heterocycles. The number of rotatable bonds is 2. The Labute approximate surface area is 111 Å². The van der Waals surface area contributed by atoms with E-state index in [4.69, 9.17) is 0 Å². The van der Waals surface area contributed by atoms with Gasteiger partial charge in [-0.3, -0.25) is 4.90 Å². The first kappa shape index (κ1) is 14.3. The average Bonchev–Trinajstić information content (AvgIpc) is 2.33. The summed E-state index contributed by atoms with van der Waals surface area (Å²) < 4.78 is 37.8. The summed E-state index contributed by atoms with van der Waals surface area (Å²) in [7, 11) is 2.08. The van der Waals surface area contributed by atoms with E-state index in [1.807, 2.05) is 0 Å². The molecule has 0 bridgehead atoms. The van der Waals surface area contributed by atoms with Crippen LogP contribution in [0.1, 0.15) is 16.7 Å². The summed E-state index contributed by atoms with van der Waals surface area (Å²) in [5, 5.41) is 0. The van der Waals surface area contributed by atoms with Crippen LogP contribution < -0.4 is 0 Å². The summed E-state index contributed by atoms with van der Waals surface area (Å²) in [5.41, 5.74) is 1.14. The number of likely N-dealkylation sites (N-methyl/N-ethyl adjacent to an activating group) is 1. The molecule has 0 spiro atoms. The fourth-order valence-electron chi connectivity index (χ4n) is 2.30. The van der Waals surface area contributed by atoms with Crippen LogP contribution in [-0.2, 0) is 12.7 Å². The van der Waals surface area contributed by atoms with Gasteiger partial charge in [-0.1, -0.05) is 6.07 Å². The van der Waals surface area contributed by atoms with Gasteiger partial charge in [0.05, 0.1) is 5.56 Å². The van der Waals surface area contributed by atoms with Crippen molar-refractivity contribution in [3.05, 3.63) is 34.9 Å². The van der Waals surface area contributed by atoms with Gasteiger partial charge in [0.2, 0.25) is 0 Å². The Morgan fingerprint density at radius 1 is 1.11 bits per heavy atom. The van der Waals surface area contributed by atoms with Crippen LogP contribution in [0.25, 0.3) is 0 Å². The van der Waals surface area contributed by atoms with Crippen molar-refractivity contribution in [2.75, 3.05) is 33.2 Å². The molecule has 0 amide bonds. The zero-order valence-corrected chi connectivity index (χ0v) is 11.3. The first-order valence-electron chi connectivity index (χ1n) is 6.44. The Kier molecular flexibility index (Phi) is 4.16. The van der Waals surface area contributed by atoms with Gasteiger partial charge in [0, 0.05) is 32.7 Å². The molecule has 1 aliphatic rings. The predicted octanol–water partition coefficient (Wildman–Crippen LogP) is 2.76. The van der Waals surface area contributed by atoms with Crippen LogP contribution in [0.5, 0.6) is 0 Å². The highest BCUT2D eigenvalue weighted by Gasteiger charge is 2.30. The van der Waals surface area contributed by atoms with Crippen LogP contribution in [0, 0.1) is 6.92 Å². The molecule has 1 fully saturated rings. The molecule has 0 N–H and O–H groups in total. The number of aryl methyl sites for hydroxylation is 1. The molecule has 2 nitrogen and oxygen atoms in total. The quantitative estimate of drug-likeness (QED) is 0.817. The van der Waals surface area contributed by atoms with Crippen molar-refractivity contribution in [2.24, 2.45) is 0 Å². The number of alkyl halides is 3. The van der Waals surface area contributed by atoms with E-state index in [2.05, 4.69) is 16.8 Å². The second-order valence-electron chi connectivity index (χ2n) is 5.22. The number of hydrogen-bond donors (Lipinski definition) is 0. The predicted molar refractivity (Wildman–Crippen MR) is 69.0 cm³/mol. The molecule has 1 aliphatic heterocycles. The SMILES string of the molecule is Cc1cc(C(F)(F)F)ccc1CN1CCN(C)CC1. The van der Waals surface area contributed by atoms with E-state index < -0.39 is 11.7 Å². The molecule has 106 valence electrons. The molecule has 19 heavy (non-hydrogen) atoms. The van der Waals surface area contributed by atoms with Crippen molar-refractivity contribution in [3.8, 4) is 0 Å². The van der Waals surface area contributed by atoms with Crippen molar-refractivity contribution in [1.29, 1.82) is 0 Å². The third-order valence-corrected chi connectivity index (χ3v) is 3.66. The Hall–Kier alpha value is -1.07. The zero-order chi connectivity index (χ0) is 14.0. The number of piperazine rings is 1. The lowest BCUT2D eigenvalue weighted by Gasteiger charge is -2.32. The molecule has 0 saturated carbocycles. The molecule has 5 heteroatoms. The molecule has 2 rings (SSSR count). The standard InChI is InChI=1S/C14H19F3N2/c1-11-9-13(14(15,16)17)4-3-12(11)10-19-7-5-18(2)6-8-19/h3-4,9H,5-8,10H2,1-2H3. The summed E-state index contributed by atoms with van der Waals surface area (Å²) in [6, 6.07) is 4.03. The van der Waals surface area contributed by atoms with Gasteiger partial charge in [0.25, 0.3) is 0 Å². The van der Waals surface area contributed by atoms with Crippen LogP contribution in [0.15, 0.2) is 18.2 Å². The number of halogens is 3. The minimum atomic E-state index is -4.25. The van der Waals surface area contributed by atoms with Crippen LogP contribution in [0.2, 0.25) is 0 Å². The van der Waals surface area contributed by atoms with Crippen molar-refractivity contribution in [3.63, 3.8) is 0 Å². The maximum absolute atomic E-state index is 12.6. The Bertz CT molecular complexity index is 435. The lowest BCUT2D eigenvalue weighted by atomic mass is 10.0. The average molecular weight is 272 g/mol. The van der Waals surface area contributed by atoms with Crippen LogP contribution in [0.4, 0.5) is 13.2 Å². The Balaban J connectivity index is 2.05. The summed E-state index contributed by atoms with van der Waals surface area (Å²) in [5.74, 6) is 0. The van der Waals surface area contributed by atoms with E-state index in [1.165, 1.54) is 12.1 Å². The normalized spacial score (nSPS) is 18.8. The van der Waals surface area contributed by atoms with Crippen LogP contribution in [0.3, 0.4) is 0 Å². The molecule has 1 aromatic rings. The van der Waals surface area contributed by atoms with Gasteiger partial charge in [-0.15, -0.1) is 0 Å². The molecular formula is C14H19F3N2. The third-order valence-electron chi connectivity index (χ3n) is 3.66. The van der Waals surface area contributed by atoms with Gasteiger partial charge < -0.3 is 4.90 Å². The highest BCUT2D eigenvalue weighted by molar-refractivity contribution is 5.32. The van der Waals surface area contributed by atoms with E-state index in [9.17, 15) is 13.2 Å². The van der Waals surface area contributed by atoms with Crippen LogP contribution in [-0.4, -0.2) is 43.0 Å². The topological polar surface area (TPSA) is 6.48 Å². The first-order valence-corrected chi connectivity index (χ1v) is 6.44. The van der Waals surface area contributed by atoms with E-state index >= 15 is 0 Å². The Morgan fingerprint density at radius 3 is 2.26 bits per heavy atom. The van der Waals surface area contributed by atoms with Gasteiger partial charge in [-0.2, -0.15) is 13.2 Å². The first-order chi connectivity index (χ1) is 8.86. The molecule has 1 saturated heterocycles. The molecular weight excluding hydrogens is 253 g/mol. The summed E-state index contributed by atoms with van der Waals surface area (Å²) >= 11 is 0. The summed E-state index contributed by atoms with van der Waals surface area (Å²) in [6.07, 6.45) is -4.25. The van der Waals surface area contributed by atoms with Gasteiger partial charge in [-0.25, -0.2) is 0 Å². The van der Waals surface area contributed by atoms with E-state index in [-0.39, 0.29) is 0 Å². The van der Waals surface area contributed by atoms with Gasteiger partial charge in [0.1, 0.15) is 0 Å². The highest BCUT2D eigenvalue weighted by Crippen LogP contribution is 2.30. The van der Waals surface area contributed by atoms with Gasteiger partial charge in [0.15, 0.2) is 0 Å². The zero-order valence-electron chi connectivity index (χ0n) is 11.3. The smallest absolute Gasteiger partial charge is 0.304 e. The number of nitrogens with zero attached hydrogens (tertiary/aromatic N) is 2. The summed E-state index contributed by atoms with van der Waals surface area (Å²) in [6.45, 7) is 6.45. The third kappa shape index (κ3) is 3.70. The largest absolute Gasteiger partial charge is 0.416 e.